The monoisotopic (exact) mass is 1090 g/mol. The van der Waals surface area contributed by atoms with Crippen molar-refractivity contribution in [3.05, 3.63) is 254 Å². The number of aryl methyl sites for hydroxylation is 6. The summed E-state index contributed by atoms with van der Waals surface area (Å²) in [4.78, 5) is 2.46. The maximum absolute atomic E-state index is 2.62. The average Bonchev–Trinajstić information content (AvgIpc) is 3.74. The molecule has 0 radical (unpaired) electrons. The third kappa shape index (κ3) is 10.0. The fourth-order valence-corrected chi connectivity index (χ4v) is 15.4. The Hall–Kier alpha value is -7.22. The number of anilines is 3. The van der Waals surface area contributed by atoms with E-state index >= 15 is 0 Å². The third-order valence-electron chi connectivity index (χ3n) is 20.6. The zero-order valence-corrected chi connectivity index (χ0v) is 50.8. The van der Waals surface area contributed by atoms with E-state index < -0.39 is 5.41 Å². The van der Waals surface area contributed by atoms with E-state index in [0.29, 0.717) is 5.92 Å². The molecule has 1 heteroatoms. The Labute approximate surface area is 498 Å². The molecule has 1 atom stereocenters. The van der Waals surface area contributed by atoms with E-state index in [2.05, 4.69) is 228 Å². The molecular formula is C82H87N. The van der Waals surface area contributed by atoms with Gasteiger partial charge >= 0.3 is 0 Å². The van der Waals surface area contributed by atoms with Crippen LogP contribution in [0.2, 0.25) is 0 Å². The highest BCUT2D eigenvalue weighted by Crippen LogP contribution is 2.59. The molecule has 9 aromatic rings. The molecule has 0 saturated heterocycles. The fraction of sp³-hybridized carbons (Fsp3) is 0.341. The van der Waals surface area contributed by atoms with Crippen LogP contribution in [0, 0.1) is 13.8 Å². The van der Waals surface area contributed by atoms with Crippen LogP contribution in [0.25, 0.3) is 44.5 Å². The van der Waals surface area contributed by atoms with Crippen molar-refractivity contribution in [2.45, 2.75) is 180 Å². The normalized spacial score (nSPS) is 14.8. The zero-order valence-electron chi connectivity index (χ0n) is 50.8. The van der Waals surface area contributed by atoms with Crippen molar-refractivity contribution in [2.24, 2.45) is 0 Å². The van der Waals surface area contributed by atoms with E-state index in [-0.39, 0.29) is 5.41 Å². The second-order valence-corrected chi connectivity index (χ2v) is 25.8. The van der Waals surface area contributed by atoms with Crippen LogP contribution in [-0.2, 0) is 36.5 Å². The molecule has 83 heavy (non-hydrogen) atoms. The van der Waals surface area contributed by atoms with Gasteiger partial charge in [0.1, 0.15) is 0 Å². The van der Waals surface area contributed by atoms with Crippen molar-refractivity contribution >= 4 is 17.1 Å². The lowest BCUT2D eigenvalue weighted by Crippen LogP contribution is -2.30. The van der Waals surface area contributed by atoms with Crippen LogP contribution in [0.5, 0.6) is 0 Å². The number of hydrogen-bond acceptors (Lipinski definition) is 1. The maximum atomic E-state index is 2.62. The molecule has 0 bridgehead atoms. The van der Waals surface area contributed by atoms with Crippen LogP contribution in [0.4, 0.5) is 17.1 Å². The Morgan fingerprint density at radius 3 is 1.20 bits per heavy atom. The lowest BCUT2D eigenvalue weighted by molar-refractivity contribution is 0.398. The zero-order chi connectivity index (χ0) is 56.7. The van der Waals surface area contributed by atoms with Crippen LogP contribution in [0.1, 0.15) is 202 Å². The Kier molecular flexibility index (Phi) is 15.5. The first kappa shape index (κ1) is 55.0. The molecule has 4 aliphatic carbocycles. The molecule has 0 aliphatic heterocycles. The molecule has 0 N–H and O–H groups in total. The molecular weight excluding hydrogens is 999 g/mol. The molecule has 0 amide bonds. The summed E-state index contributed by atoms with van der Waals surface area (Å²) in [7, 11) is 0. The van der Waals surface area contributed by atoms with Gasteiger partial charge in [0.05, 0.1) is 5.41 Å². The largest absolute Gasteiger partial charge is 0.311 e. The summed E-state index contributed by atoms with van der Waals surface area (Å²) in [5.41, 5.74) is 32.7. The lowest BCUT2D eigenvalue weighted by Gasteiger charge is -2.37. The summed E-state index contributed by atoms with van der Waals surface area (Å²) in [6.07, 6.45) is 24.2. The van der Waals surface area contributed by atoms with Gasteiger partial charge in [0.2, 0.25) is 0 Å². The second-order valence-electron chi connectivity index (χ2n) is 25.8. The smallest absolute Gasteiger partial charge is 0.0714 e. The molecule has 13 rings (SSSR count). The molecule has 0 heterocycles. The van der Waals surface area contributed by atoms with Crippen molar-refractivity contribution in [1.29, 1.82) is 0 Å². The van der Waals surface area contributed by atoms with Crippen LogP contribution < -0.4 is 4.90 Å². The Morgan fingerprint density at radius 2 is 0.747 bits per heavy atom. The first-order valence-electron chi connectivity index (χ1n) is 32.6. The van der Waals surface area contributed by atoms with Gasteiger partial charge in [-0.2, -0.15) is 0 Å². The topological polar surface area (TPSA) is 3.24 Å². The molecule has 0 spiro atoms. The number of fused-ring (bicyclic) bond motifs is 8. The quantitative estimate of drug-likeness (QED) is 0.0577. The summed E-state index contributed by atoms with van der Waals surface area (Å²) in [5, 5.41) is 0. The molecule has 0 aromatic heterocycles. The van der Waals surface area contributed by atoms with Crippen LogP contribution in [0.15, 0.2) is 182 Å². The minimum Gasteiger partial charge on any atom is -0.311 e. The Balaban J connectivity index is 0.856. The summed E-state index contributed by atoms with van der Waals surface area (Å²) >= 11 is 0. The Morgan fingerprint density at radius 1 is 0.361 bits per heavy atom. The Bertz CT molecular complexity index is 3720. The van der Waals surface area contributed by atoms with Crippen LogP contribution in [-0.4, -0.2) is 0 Å². The maximum Gasteiger partial charge on any atom is 0.0714 e. The molecule has 420 valence electrons. The molecule has 0 fully saturated rings. The predicted octanol–water partition coefficient (Wildman–Crippen LogP) is 22.9. The molecule has 9 aromatic carbocycles. The van der Waals surface area contributed by atoms with Gasteiger partial charge in [-0.1, -0.05) is 249 Å². The number of hydrogen-bond donors (Lipinski definition) is 0. The van der Waals surface area contributed by atoms with E-state index in [1.807, 2.05) is 0 Å². The van der Waals surface area contributed by atoms with E-state index in [1.54, 1.807) is 11.1 Å². The van der Waals surface area contributed by atoms with Crippen molar-refractivity contribution in [2.75, 3.05) is 4.90 Å². The highest BCUT2D eigenvalue weighted by atomic mass is 15.1. The molecule has 1 nitrogen and oxygen atoms in total. The van der Waals surface area contributed by atoms with Gasteiger partial charge in [-0.15, -0.1) is 0 Å². The summed E-state index contributed by atoms with van der Waals surface area (Å²) in [6.45, 7) is 13.9. The molecule has 4 aliphatic rings. The summed E-state index contributed by atoms with van der Waals surface area (Å²) in [5.74, 6) is 0.509. The first-order valence-corrected chi connectivity index (χ1v) is 32.6. The first-order chi connectivity index (χ1) is 40.7. The third-order valence-corrected chi connectivity index (χ3v) is 20.6. The van der Waals surface area contributed by atoms with E-state index in [1.165, 1.54) is 214 Å². The van der Waals surface area contributed by atoms with Crippen LogP contribution >= 0.6 is 0 Å². The number of nitrogens with zero attached hydrogens (tertiary/aromatic N) is 1. The number of benzene rings is 9. The van der Waals surface area contributed by atoms with Gasteiger partial charge < -0.3 is 4.90 Å². The average molecular weight is 1090 g/mol. The van der Waals surface area contributed by atoms with E-state index in [0.717, 1.165) is 30.6 Å². The number of unbranched alkanes of at least 4 members (excludes halogenated alkanes) is 10. The van der Waals surface area contributed by atoms with Gasteiger partial charge in [0, 0.05) is 22.5 Å². The van der Waals surface area contributed by atoms with Gasteiger partial charge in [-0.25, -0.2) is 0 Å². The van der Waals surface area contributed by atoms with Crippen molar-refractivity contribution in [1.82, 2.24) is 0 Å². The molecule has 0 saturated carbocycles. The minimum atomic E-state index is -0.416. The van der Waals surface area contributed by atoms with E-state index in [9.17, 15) is 0 Å². The van der Waals surface area contributed by atoms with Gasteiger partial charge in [0.15, 0.2) is 0 Å². The van der Waals surface area contributed by atoms with Gasteiger partial charge in [-0.05, 0) is 219 Å². The minimum absolute atomic E-state index is 0.0460. The SMILES string of the molecule is CCCCCCCCC1(CCCCCCCC)c2cc(C)ccc2-c2ccc(-c3ccc(N(c4ccc(-c5ccc6c(c5)C(c5ccc7c(c5)CC7)(c5ccc7c(c5)CC7)c5cc(C)ccc5-6)cc4)c4ccc(C(C)CC)cc4)cc3)cc21. The lowest BCUT2D eigenvalue weighted by atomic mass is 9.65. The highest BCUT2D eigenvalue weighted by Gasteiger charge is 2.48. The number of rotatable bonds is 23. The van der Waals surface area contributed by atoms with Gasteiger partial charge in [0.25, 0.3) is 0 Å². The van der Waals surface area contributed by atoms with Crippen molar-refractivity contribution in [3.8, 4) is 44.5 Å². The molecule has 1 unspecified atom stereocenters. The van der Waals surface area contributed by atoms with Crippen molar-refractivity contribution in [3.63, 3.8) is 0 Å². The van der Waals surface area contributed by atoms with Gasteiger partial charge in [-0.3, -0.25) is 0 Å². The van der Waals surface area contributed by atoms with Crippen LogP contribution in [0.3, 0.4) is 0 Å². The second kappa shape index (κ2) is 23.4. The predicted molar refractivity (Wildman–Crippen MR) is 354 cm³/mol. The van der Waals surface area contributed by atoms with E-state index in [4.69, 9.17) is 0 Å². The van der Waals surface area contributed by atoms with Crippen molar-refractivity contribution < 1.29 is 0 Å². The summed E-state index contributed by atoms with van der Waals surface area (Å²) in [6, 6.07) is 72.6. The highest BCUT2D eigenvalue weighted by molar-refractivity contribution is 5.90. The fourth-order valence-electron chi connectivity index (χ4n) is 15.4. The summed E-state index contributed by atoms with van der Waals surface area (Å²) < 4.78 is 0. The standard InChI is InChI=1S/C82H87N/c1-7-10-12-14-16-18-48-81(49-19-17-15-13-11-8-2)77-50-56(4)20-44-73(77)74-46-34-66(54-78(74)81)62-30-40-71(41-31-62)83(70-38-28-59(29-39-70)58(6)9-3)72-42-32-63(33-43-72)67-35-47-76-75-45-21-57(5)51-79(75)82(80(76)55-67,68-36-26-60-22-24-64(60)52-68)69-37-27-61-23-25-65(61)53-69/h20-21,26-47,50-55,58H,7-19,22-25,48-49H2,1-6H3.